The second-order valence-electron chi connectivity index (χ2n) is 23.9. The fourth-order valence-electron chi connectivity index (χ4n) is 9.79. The predicted octanol–water partition coefficient (Wildman–Crippen LogP) is 21.1. The van der Waals surface area contributed by atoms with Crippen LogP contribution < -0.4 is 0 Å². The molecule has 0 heterocycles. The lowest BCUT2D eigenvalue weighted by atomic mass is 10.0. The molecule has 2 atom stereocenters. The maximum absolute atomic E-state index is 12.8. The van der Waals surface area contributed by atoms with Gasteiger partial charge >= 0.3 is 19.8 Å². The van der Waals surface area contributed by atoms with E-state index in [0.29, 0.717) is 23.9 Å². The Balaban J connectivity index is 3.97. The van der Waals surface area contributed by atoms with Crippen LogP contribution >= 0.6 is 7.82 Å². The number of rotatable bonds is 62. The third kappa shape index (κ3) is 63.3. The van der Waals surface area contributed by atoms with Gasteiger partial charge in [-0.3, -0.25) is 18.6 Å². The Bertz CT molecular complexity index is 1390. The van der Waals surface area contributed by atoms with E-state index < -0.39 is 26.5 Å². The van der Waals surface area contributed by atoms with Gasteiger partial charge in [0.05, 0.1) is 27.7 Å². The van der Waals surface area contributed by atoms with Crippen LogP contribution in [0.1, 0.15) is 328 Å². The third-order valence-corrected chi connectivity index (χ3v) is 15.9. The van der Waals surface area contributed by atoms with Crippen molar-refractivity contribution >= 4 is 19.8 Å². The van der Waals surface area contributed by atoms with Crippen LogP contribution in [0.4, 0.5) is 0 Å². The molecule has 0 saturated heterocycles. The smallest absolute Gasteiger partial charge is 0.462 e. The summed E-state index contributed by atoms with van der Waals surface area (Å²) in [6, 6.07) is 0. The molecule has 0 rings (SSSR count). The van der Waals surface area contributed by atoms with Gasteiger partial charge in [-0.05, 0) is 51.4 Å². The molecule has 0 aliphatic carbocycles. The number of phosphoric ester groups is 1. The van der Waals surface area contributed by atoms with Crippen molar-refractivity contribution in [1.29, 1.82) is 0 Å². The third-order valence-electron chi connectivity index (χ3n) is 14.9. The first-order valence-corrected chi connectivity index (χ1v) is 34.7. The van der Waals surface area contributed by atoms with Crippen molar-refractivity contribution in [3.63, 3.8) is 0 Å². The van der Waals surface area contributed by atoms with E-state index >= 15 is 0 Å². The van der Waals surface area contributed by atoms with Crippen LogP contribution in [0.15, 0.2) is 36.5 Å². The van der Waals surface area contributed by atoms with Gasteiger partial charge in [-0.15, -0.1) is 0 Å². The molecular formula is C67H129NO8P+. The fraction of sp³-hybridized carbons (Fsp3) is 0.881. The molecule has 0 saturated carbocycles. The Morgan fingerprint density at radius 3 is 1.06 bits per heavy atom. The normalized spacial score (nSPS) is 13.4. The number of unbranched alkanes of at least 4 members (excludes halogenated alkanes) is 42. The SMILES string of the molecule is CCCCC/C=C\C/C=C\C/C=C\CCCCCCCCC(=O)OC(COC(=O)CCCCCCCCCCCCCCCCCCCCCCCCCCCCCCCCCCCC)COP(=O)(O)OCC[N+](C)(C)C. The van der Waals surface area contributed by atoms with E-state index in [1.54, 1.807) is 0 Å². The highest BCUT2D eigenvalue weighted by Crippen LogP contribution is 2.43. The van der Waals surface area contributed by atoms with Crippen LogP contribution in [0.3, 0.4) is 0 Å². The highest BCUT2D eigenvalue weighted by molar-refractivity contribution is 7.47. The Labute approximate surface area is 478 Å². The van der Waals surface area contributed by atoms with Crippen molar-refractivity contribution in [3.8, 4) is 0 Å². The zero-order valence-electron chi connectivity index (χ0n) is 51.7. The number of phosphoric acid groups is 1. The number of esters is 2. The summed E-state index contributed by atoms with van der Waals surface area (Å²) in [4.78, 5) is 35.8. The Morgan fingerprint density at radius 1 is 0.403 bits per heavy atom. The number of quaternary nitrogens is 1. The zero-order valence-corrected chi connectivity index (χ0v) is 52.6. The number of hydrogen-bond donors (Lipinski definition) is 1. The Morgan fingerprint density at radius 2 is 0.701 bits per heavy atom. The lowest BCUT2D eigenvalue weighted by Gasteiger charge is -2.24. The van der Waals surface area contributed by atoms with Crippen molar-refractivity contribution in [2.24, 2.45) is 0 Å². The Kier molecular flexibility index (Phi) is 57.5. The lowest BCUT2D eigenvalue weighted by Crippen LogP contribution is -2.37. The molecule has 9 nitrogen and oxygen atoms in total. The number of carbonyl (C=O) groups is 2. The van der Waals surface area contributed by atoms with Crippen molar-refractivity contribution in [2.75, 3.05) is 47.5 Å². The van der Waals surface area contributed by atoms with Crippen LogP contribution in [0.5, 0.6) is 0 Å². The van der Waals surface area contributed by atoms with E-state index in [4.69, 9.17) is 18.5 Å². The number of nitrogens with zero attached hydrogens (tertiary/aromatic N) is 1. The van der Waals surface area contributed by atoms with E-state index in [1.807, 2.05) is 21.1 Å². The minimum Gasteiger partial charge on any atom is -0.462 e. The number of likely N-dealkylation sites (N-methyl/N-ethyl adjacent to an activating group) is 1. The van der Waals surface area contributed by atoms with Crippen molar-refractivity contribution in [3.05, 3.63) is 36.5 Å². The predicted molar refractivity (Wildman–Crippen MR) is 330 cm³/mol. The van der Waals surface area contributed by atoms with E-state index in [2.05, 4.69) is 50.3 Å². The summed E-state index contributed by atoms with van der Waals surface area (Å²) in [7, 11) is 1.48. The maximum atomic E-state index is 12.8. The minimum atomic E-state index is -4.39. The zero-order chi connectivity index (χ0) is 56.3. The molecule has 0 amide bonds. The maximum Gasteiger partial charge on any atom is 0.472 e. The first kappa shape index (κ1) is 75.2. The summed E-state index contributed by atoms with van der Waals surface area (Å²) in [5.41, 5.74) is 0. The number of carbonyl (C=O) groups excluding carboxylic acids is 2. The number of allylic oxidation sites excluding steroid dienone is 6. The van der Waals surface area contributed by atoms with Gasteiger partial charge in [0, 0.05) is 12.8 Å². The second-order valence-corrected chi connectivity index (χ2v) is 25.3. The largest absolute Gasteiger partial charge is 0.472 e. The van der Waals surface area contributed by atoms with Gasteiger partial charge in [0.25, 0.3) is 0 Å². The van der Waals surface area contributed by atoms with Crippen molar-refractivity contribution in [2.45, 2.75) is 335 Å². The van der Waals surface area contributed by atoms with Gasteiger partial charge in [0.1, 0.15) is 19.8 Å². The Hall–Kier alpha value is -1.77. The summed E-state index contributed by atoms with van der Waals surface area (Å²) < 4.78 is 34.6. The number of hydrogen-bond acceptors (Lipinski definition) is 7. The van der Waals surface area contributed by atoms with Gasteiger partial charge in [-0.2, -0.15) is 0 Å². The van der Waals surface area contributed by atoms with Crippen LogP contribution in [0.25, 0.3) is 0 Å². The molecule has 0 bridgehead atoms. The molecule has 0 aromatic rings. The molecule has 10 heteroatoms. The molecule has 0 aliphatic heterocycles. The molecule has 0 aliphatic rings. The lowest BCUT2D eigenvalue weighted by molar-refractivity contribution is -0.870. The fourth-order valence-corrected chi connectivity index (χ4v) is 10.5. The first-order chi connectivity index (χ1) is 37.5. The summed E-state index contributed by atoms with van der Waals surface area (Å²) in [6.45, 7) is 4.44. The summed E-state index contributed by atoms with van der Waals surface area (Å²) in [5, 5.41) is 0. The monoisotopic (exact) mass is 1110 g/mol. The van der Waals surface area contributed by atoms with E-state index in [0.717, 1.165) is 70.6 Å². The van der Waals surface area contributed by atoms with Gasteiger partial charge in [-0.25, -0.2) is 4.57 Å². The van der Waals surface area contributed by atoms with Crippen molar-refractivity contribution in [1.82, 2.24) is 0 Å². The van der Waals surface area contributed by atoms with Crippen molar-refractivity contribution < 1.29 is 42.1 Å². The van der Waals surface area contributed by atoms with Crippen LogP contribution in [-0.4, -0.2) is 74.9 Å². The van der Waals surface area contributed by atoms with Gasteiger partial charge < -0.3 is 18.9 Å². The summed E-state index contributed by atoms with van der Waals surface area (Å²) >= 11 is 0. The molecule has 1 N–H and O–H groups in total. The number of ether oxygens (including phenoxy) is 2. The molecule has 77 heavy (non-hydrogen) atoms. The summed E-state index contributed by atoms with van der Waals surface area (Å²) in [6.07, 6.45) is 74.0. The molecular weight excluding hydrogens is 978 g/mol. The van der Waals surface area contributed by atoms with Crippen LogP contribution in [0, 0.1) is 0 Å². The molecule has 2 unspecified atom stereocenters. The quantitative estimate of drug-likeness (QED) is 0.0211. The second kappa shape index (κ2) is 58.9. The van der Waals surface area contributed by atoms with E-state index in [9.17, 15) is 19.0 Å². The topological polar surface area (TPSA) is 108 Å². The van der Waals surface area contributed by atoms with Crippen LogP contribution in [0.2, 0.25) is 0 Å². The minimum absolute atomic E-state index is 0.0301. The van der Waals surface area contributed by atoms with Crippen LogP contribution in [-0.2, 0) is 32.7 Å². The van der Waals surface area contributed by atoms with Gasteiger partial charge in [0.15, 0.2) is 6.10 Å². The molecule has 0 fully saturated rings. The average Bonchev–Trinajstić information content (AvgIpc) is 3.39. The summed E-state index contributed by atoms with van der Waals surface area (Å²) in [5.74, 6) is -0.797. The molecule has 454 valence electrons. The first-order valence-electron chi connectivity index (χ1n) is 33.2. The molecule has 0 spiro atoms. The highest BCUT2D eigenvalue weighted by Gasteiger charge is 2.27. The molecule has 0 aromatic heterocycles. The highest BCUT2D eigenvalue weighted by atomic mass is 31.2. The van der Waals surface area contributed by atoms with E-state index in [1.165, 1.54) is 225 Å². The standard InChI is InChI=1S/C67H128NO8P/c1-6-8-10-12-14-16-18-20-22-24-26-27-28-29-30-31-32-33-34-35-36-37-38-39-40-42-43-45-47-49-51-53-55-57-59-66(69)73-63-65(64-75-77(71,72)74-62-61-68(3,4)5)76-67(70)60-58-56-54-52-50-48-46-44-41-25-23-21-19-17-15-13-11-9-7-2/h15,17,21,23,41,44,65H,6-14,16,18-20,22,24-40,42-43,45-64H2,1-5H3/p+1/b17-15-,23-21-,44-41-. The van der Waals surface area contributed by atoms with E-state index in [-0.39, 0.29) is 25.6 Å². The van der Waals surface area contributed by atoms with Gasteiger partial charge in [0.2, 0.25) is 0 Å². The van der Waals surface area contributed by atoms with Gasteiger partial charge in [-0.1, -0.05) is 301 Å². The molecule has 0 aromatic carbocycles. The molecule has 0 radical (unpaired) electrons. The average molecular weight is 1110 g/mol.